The number of amides is 1. The van der Waals surface area contributed by atoms with Crippen LogP contribution in [-0.4, -0.2) is 44.4 Å². The minimum atomic E-state index is -0.711. The van der Waals surface area contributed by atoms with Gasteiger partial charge in [0.25, 0.3) is 11.7 Å². The molecule has 0 aliphatic carbocycles. The van der Waals surface area contributed by atoms with Crippen molar-refractivity contribution in [1.29, 1.82) is 0 Å². The predicted octanol–water partition coefficient (Wildman–Crippen LogP) is 4.95. The van der Waals surface area contributed by atoms with Gasteiger partial charge in [-0.3, -0.25) is 9.59 Å². The lowest BCUT2D eigenvalue weighted by molar-refractivity contribution is -0.139. The van der Waals surface area contributed by atoms with Crippen LogP contribution in [0.5, 0.6) is 5.75 Å². The van der Waals surface area contributed by atoms with Crippen LogP contribution in [0.25, 0.3) is 5.76 Å². The van der Waals surface area contributed by atoms with E-state index in [4.69, 9.17) is 4.74 Å². The van der Waals surface area contributed by atoms with E-state index in [1.165, 1.54) is 0 Å². The van der Waals surface area contributed by atoms with Crippen LogP contribution in [0.3, 0.4) is 0 Å². The number of aliphatic hydroxyl groups is 1. The molecule has 2 heterocycles. The van der Waals surface area contributed by atoms with E-state index in [0.29, 0.717) is 43.0 Å². The number of carbonyl (C=O) groups excluding carboxylic acids is 2. The number of Topliss-reactive ketones (excluding diaryl/α,β-unsaturated/α-hetero) is 1. The van der Waals surface area contributed by atoms with E-state index in [-0.39, 0.29) is 11.3 Å². The molecule has 4 rings (SSSR count). The monoisotopic (exact) mass is 523 g/mol. The van der Waals surface area contributed by atoms with Crippen molar-refractivity contribution >= 4 is 33.4 Å². The van der Waals surface area contributed by atoms with E-state index >= 15 is 0 Å². The number of rotatable bonds is 9. The molecule has 1 N–H and O–H groups in total. The number of aliphatic hydroxyl groups excluding tert-OH is 1. The summed E-state index contributed by atoms with van der Waals surface area (Å²) in [5.41, 5.74) is 1.28. The zero-order chi connectivity index (χ0) is 24.1. The molecule has 1 saturated heterocycles. The number of aromatic nitrogens is 2. The summed E-state index contributed by atoms with van der Waals surface area (Å²) in [4.78, 5) is 31.9. The van der Waals surface area contributed by atoms with Crippen LogP contribution < -0.4 is 4.74 Å². The number of carbonyl (C=O) groups is 2. The fraction of sp³-hybridized carbons (Fsp3) is 0.269. The molecular formula is C26H26BrN3O4. The first-order chi connectivity index (χ1) is 16.5. The van der Waals surface area contributed by atoms with Gasteiger partial charge in [0.2, 0.25) is 0 Å². The highest BCUT2D eigenvalue weighted by molar-refractivity contribution is 9.10. The number of ketones is 1. The molecule has 8 heteroatoms. The summed E-state index contributed by atoms with van der Waals surface area (Å²) in [5, 5.41) is 11.2. The Morgan fingerprint density at radius 3 is 2.65 bits per heavy atom. The summed E-state index contributed by atoms with van der Waals surface area (Å²) in [6.07, 6.45) is 6.76. The first kappa shape index (κ1) is 23.8. The van der Waals surface area contributed by atoms with E-state index in [9.17, 15) is 14.7 Å². The van der Waals surface area contributed by atoms with Crippen molar-refractivity contribution in [3.63, 3.8) is 0 Å². The average molecular weight is 524 g/mol. The molecule has 34 heavy (non-hydrogen) atoms. The van der Waals surface area contributed by atoms with Crippen LogP contribution in [0.4, 0.5) is 0 Å². The number of hydrogen-bond donors (Lipinski definition) is 1. The van der Waals surface area contributed by atoms with Gasteiger partial charge in [-0.15, -0.1) is 0 Å². The maximum atomic E-state index is 13.2. The summed E-state index contributed by atoms with van der Waals surface area (Å²) in [7, 11) is 0. The maximum Gasteiger partial charge on any atom is 0.295 e. The van der Waals surface area contributed by atoms with Gasteiger partial charge in [-0.1, -0.05) is 47.1 Å². The lowest BCUT2D eigenvalue weighted by Crippen LogP contribution is -2.31. The number of hydrogen-bond acceptors (Lipinski definition) is 5. The van der Waals surface area contributed by atoms with Crippen molar-refractivity contribution in [3.05, 3.63) is 88.4 Å². The normalized spacial score (nSPS) is 17.4. The van der Waals surface area contributed by atoms with Gasteiger partial charge in [0.1, 0.15) is 11.5 Å². The number of aryl methyl sites for hydroxylation is 1. The molecule has 1 amide bonds. The lowest BCUT2D eigenvalue weighted by Gasteiger charge is -2.26. The molecule has 176 valence electrons. The summed E-state index contributed by atoms with van der Waals surface area (Å²) in [6, 6.07) is 13.7. The van der Waals surface area contributed by atoms with Gasteiger partial charge in [0, 0.05) is 35.5 Å². The molecule has 0 bridgehead atoms. The fourth-order valence-electron chi connectivity index (χ4n) is 4.06. The second-order valence-electron chi connectivity index (χ2n) is 8.07. The van der Waals surface area contributed by atoms with E-state index in [0.717, 1.165) is 10.9 Å². The molecule has 7 nitrogen and oxygen atoms in total. The Bertz CT molecular complexity index is 1190. The predicted molar refractivity (Wildman–Crippen MR) is 132 cm³/mol. The Hall–Kier alpha value is -3.39. The molecule has 1 aromatic heterocycles. The minimum Gasteiger partial charge on any atom is -0.507 e. The second-order valence-corrected chi connectivity index (χ2v) is 8.99. The van der Waals surface area contributed by atoms with Crippen molar-refractivity contribution in [1.82, 2.24) is 14.5 Å². The summed E-state index contributed by atoms with van der Waals surface area (Å²) < 4.78 is 8.56. The number of halogens is 1. The third-order valence-corrected chi connectivity index (χ3v) is 6.21. The van der Waals surface area contributed by atoms with Crippen LogP contribution in [-0.2, 0) is 16.1 Å². The highest BCUT2D eigenvalue weighted by atomic mass is 79.9. The smallest absolute Gasteiger partial charge is 0.295 e. The zero-order valence-electron chi connectivity index (χ0n) is 18.9. The number of nitrogens with zero attached hydrogens (tertiary/aromatic N) is 3. The van der Waals surface area contributed by atoms with E-state index in [2.05, 4.69) is 20.9 Å². The van der Waals surface area contributed by atoms with Crippen molar-refractivity contribution in [2.45, 2.75) is 32.4 Å². The Morgan fingerprint density at radius 2 is 1.94 bits per heavy atom. The summed E-state index contributed by atoms with van der Waals surface area (Å²) >= 11 is 3.38. The van der Waals surface area contributed by atoms with Crippen molar-refractivity contribution in [2.75, 3.05) is 13.2 Å². The molecule has 1 aliphatic rings. The first-order valence-corrected chi connectivity index (χ1v) is 12.0. The van der Waals surface area contributed by atoms with Gasteiger partial charge in [0.15, 0.2) is 0 Å². The van der Waals surface area contributed by atoms with Gasteiger partial charge < -0.3 is 19.3 Å². The molecule has 0 radical (unpaired) electrons. The molecule has 3 aromatic rings. The minimum absolute atomic E-state index is 0.0857. The largest absolute Gasteiger partial charge is 0.507 e. The van der Waals surface area contributed by atoms with Crippen LogP contribution in [0.2, 0.25) is 0 Å². The van der Waals surface area contributed by atoms with E-state index in [1.54, 1.807) is 41.7 Å². The van der Waals surface area contributed by atoms with E-state index in [1.807, 2.05) is 42.0 Å². The standard InChI is InChI=1S/C26H26BrN3O4/c1-2-15-34-21-6-3-5-19(16-21)23-22(24(31)18-7-9-20(27)10-8-18)25(32)26(33)30(23)13-4-12-29-14-11-28-17-29/h3,5-11,14,16-17,23,31H,2,4,12-13,15H2,1H3/b24-22+/t23-/m1/s1. The molecule has 0 unspecified atom stereocenters. The van der Waals surface area contributed by atoms with Crippen molar-refractivity contribution in [2.24, 2.45) is 0 Å². The Labute approximate surface area is 206 Å². The molecular weight excluding hydrogens is 498 g/mol. The SMILES string of the molecule is CCCOc1cccc([C@@H]2/C(=C(\O)c3ccc(Br)cc3)C(=O)C(=O)N2CCCn2ccnc2)c1. The number of likely N-dealkylation sites (tertiary alicyclic amines) is 1. The quantitative estimate of drug-likeness (QED) is 0.243. The Kier molecular flexibility index (Phi) is 7.47. The van der Waals surface area contributed by atoms with Crippen LogP contribution >= 0.6 is 15.9 Å². The van der Waals surface area contributed by atoms with Gasteiger partial charge in [-0.2, -0.15) is 0 Å². The number of benzene rings is 2. The van der Waals surface area contributed by atoms with Crippen LogP contribution in [0.1, 0.15) is 36.9 Å². The fourth-order valence-corrected chi connectivity index (χ4v) is 4.32. The number of ether oxygens (including phenoxy) is 1. The van der Waals surface area contributed by atoms with Gasteiger partial charge in [-0.05, 0) is 42.7 Å². The summed E-state index contributed by atoms with van der Waals surface area (Å²) in [6.45, 7) is 3.59. The summed E-state index contributed by atoms with van der Waals surface area (Å²) in [5.74, 6) is -0.832. The average Bonchev–Trinajstić information content (AvgIpc) is 3.45. The highest BCUT2D eigenvalue weighted by Crippen LogP contribution is 2.40. The maximum absolute atomic E-state index is 13.2. The Morgan fingerprint density at radius 1 is 1.15 bits per heavy atom. The lowest BCUT2D eigenvalue weighted by atomic mass is 9.95. The van der Waals surface area contributed by atoms with Gasteiger partial charge in [-0.25, -0.2) is 4.98 Å². The van der Waals surface area contributed by atoms with E-state index < -0.39 is 17.7 Å². The third kappa shape index (κ3) is 5.07. The molecule has 0 spiro atoms. The molecule has 1 atom stereocenters. The zero-order valence-corrected chi connectivity index (χ0v) is 20.4. The topological polar surface area (TPSA) is 84.7 Å². The third-order valence-electron chi connectivity index (χ3n) is 5.68. The van der Waals surface area contributed by atoms with Crippen LogP contribution in [0, 0.1) is 0 Å². The second kappa shape index (κ2) is 10.7. The highest BCUT2D eigenvalue weighted by Gasteiger charge is 2.45. The van der Waals surface area contributed by atoms with Crippen LogP contribution in [0.15, 0.2) is 77.3 Å². The number of imidazole rings is 1. The van der Waals surface area contributed by atoms with Gasteiger partial charge in [0.05, 0.1) is 24.5 Å². The molecule has 1 fully saturated rings. The molecule has 1 aliphatic heterocycles. The Balaban J connectivity index is 1.73. The van der Waals surface area contributed by atoms with Crippen molar-refractivity contribution < 1.29 is 19.4 Å². The van der Waals surface area contributed by atoms with Gasteiger partial charge >= 0.3 is 0 Å². The van der Waals surface area contributed by atoms with Crippen molar-refractivity contribution in [3.8, 4) is 5.75 Å². The first-order valence-electron chi connectivity index (χ1n) is 11.2. The molecule has 2 aromatic carbocycles. The molecule has 0 saturated carbocycles.